The van der Waals surface area contributed by atoms with Crippen LogP contribution in [0.3, 0.4) is 0 Å². The lowest BCUT2D eigenvalue weighted by molar-refractivity contribution is -0.154. The third-order valence-corrected chi connectivity index (χ3v) is 3.49. The van der Waals surface area contributed by atoms with Crippen molar-refractivity contribution in [3.8, 4) is 5.88 Å². The Bertz CT molecular complexity index is 742. The lowest BCUT2D eigenvalue weighted by atomic mass is 10.2. The molecule has 0 atom stereocenters. The van der Waals surface area contributed by atoms with Crippen molar-refractivity contribution in [3.63, 3.8) is 0 Å². The summed E-state index contributed by atoms with van der Waals surface area (Å²) in [5, 5.41) is 6.87. The highest BCUT2D eigenvalue weighted by Gasteiger charge is 2.28. The number of guanidine groups is 1. The van der Waals surface area contributed by atoms with E-state index in [1.165, 1.54) is 12.3 Å². The second kappa shape index (κ2) is 11.2. The number of pyridine rings is 1. The fourth-order valence-electron chi connectivity index (χ4n) is 1.99. The number of nitrogens with zero attached hydrogens (tertiary/aromatic N) is 2. The number of hydrogen-bond donors (Lipinski definition) is 2. The van der Waals surface area contributed by atoms with Crippen LogP contribution in [-0.2, 0) is 13.1 Å². The summed E-state index contributed by atoms with van der Waals surface area (Å²) < 4.78 is 41.2. The Labute approximate surface area is 177 Å². The highest BCUT2D eigenvalue weighted by molar-refractivity contribution is 14.0. The predicted octanol–water partition coefficient (Wildman–Crippen LogP) is 4.16. The lowest BCUT2D eigenvalue weighted by Crippen LogP contribution is -2.36. The molecule has 0 spiro atoms. The van der Waals surface area contributed by atoms with Gasteiger partial charge < -0.3 is 15.4 Å². The first-order chi connectivity index (χ1) is 12.4. The summed E-state index contributed by atoms with van der Waals surface area (Å²) in [5.74, 6) is 0.472. The number of aromatic nitrogens is 1. The predicted molar refractivity (Wildman–Crippen MR) is 110 cm³/mol. The zero-order valence-electron chi connectivity index (χ0n) is 14.4. The van der Waals surface area contributed by atoms with Gasteiger partial charge in [-0.25, -0.2) is 4.98 Å². The molecule has 2 N–H and O–H groups in total. The molecule has 1 aromatic carbocycles. The van der Waals surface area contributed by atoms with Gasteiger partial charge in [0.25, 0.3) is 0 Å². The van der Waals surface area contributed by atoms with Gasteiger partial charge in [0.15, 0.2) is 12.6 Å². The van der Waals surface area contributed by atoms with E-state index in [1.807, 2.05) is 12.1 Å². The number of nitrogens with one attached hydrogen (secondary N) is 2. The molecule has 0 saturated carbocycles. The van der Waals surface area contributed by atoms with Gasteiger partial charge in [-0.1, -0.05) is 23.7 Å². The highest BCUT2D eigenvalue weighted by Crippen LogP contribution is 2.17. The topological polar surface area (TPSA) is 58.5 Å². The largest absolute Gasteiger partial charge is 0.468 e. The van der Waals surface area contributed by atoms with Crippen molar-refractivity contribution in [2.75, 3.05) is 13.7 Å². The molecule has 0 radical (unpaired) electrons. The molecule has 0 aliphatic carbocycles. The molecule has 1 aromatic heterocycles. The fraction of sp³-hybridized carbons (Fsp3) is 0.294. The smallest absolute Gasteiger partial charge is 0.422 e. The molecule has 0 saturated heterocycles. The Morgan fingerprint density at radius 3 is 2.33 bits per heavy atom. The zero-order chi connectivity index (χ0) is 19.0. The molecule has 148 valence electrons. The number of halogens is 5. The fourth-order valence-corrected chi connectivity index (χ4v) is 2.12. The van der Waals surface area contributed by atoms with Crippen molar-refractivity contribution in [1.29, 1.82) is 0 Å². The van der Waals surface area contributed by atoms with Gasteiger partial charge in [-0.15, -0.1) is 24.0 Å². The molecule has 2 rings (SSSR count). The van der Waals surface area contributed by atoms with Gasteiger partial charge in [-0.3, -0.25) is 4.99 Å². The first kappa shape index (κ1) is 23.3. The van der Waals surface area contributed by atoms with Crippen LogP contribution in [0.15, 0.2) is 47.6 Å². The van der Waals surface area contributed by atoms with Crippen LogP contribution in [0.2, 0.25) is 5.02 Å². The third-order valence-electron chi connectivity index (χ3n) is 3.24. The molecular formula is C17H19ClF3IN4O. The summed E-state index contributed by atoms with van der Waals surface area (Å²) >= 11 is 5.85. The molecule has 0 amide bonds. The van der Waals surface area contributed by atoms with E-state index < -0.39 is 12.8 Å². The Hall–Kier alpha value is -1.75. The van der Waals surface area contributed by atoms with Gasteiger partial charge in [-0.05, 0) is 29.3 Å². The molecule has 0 aliphatic heterocycles. The summed E-state index contributed by atoms with van der Waals surface area (Å²) in [7, 11) is 1.63. The third kappa shape index (κ3) is 9.14. The minimum Gasteiger partial charge on any atom is -0.468 e. The maximum absolute atomic E-state index is 12.2. The van der Waals surface area contributed by atoms with E-state index in [4.69, 9.17) is 11.6 Å². The van der Waals surface area contributed by atoms with E-state index in [-0.39, 0.29) is 29.9 Å². The molecule has 0 unspecified atom stereocenters. The second-order valence-electron chi connectivity index (χ2n) is 5.31. The van der Waals surface area contributed by atoms with Crippen LogP contribution < -0.4 is 15.4 Å². The van der Waals surface area contributed by atoms with E-state index in [2.05, 4.69) is 25.3 Å². The lowest BCUT2D eigenvalue weighted by Gasteiger charge is -2.13. The Kier molecular flexibility index (Phi) is 9.64. The van der Waals surface area contributed by atoms with Crippen molar-refractivity contribution in [2.45, 2.75) is 19.3 Å². The van der Waals surface area contributed by atoms with Crippen molar-refractivity contribution in [1.82, 2.24) is 15.6 Å². The normalized spacial score (nSPS) is 11.5. The summed E-state index contributed by atoms with van der Waals surface area (Å²) in [6, 6.07) is 10.5. The number of alkyl halides is 3. The Morgan fingerprint density at radius 2 is 1.74 bits per heavy atom. The quantitative estimate of drug-likeness (QED) is 0.345. The van der Waals surface area contributed by atoms with Gasteiger partial charge in [0.05, 0.1) is 0 Å². The van der Waals surface area contributed by atoms with Crippen LogP contribution in [0.25, 0.3) is 0 Å². The van der Waals surface area contributed by atoms with Crippen molar-refractivity contribution in [3.05, 3.63) is 58.7 Å². The van der Waals surface area contributed by atoms with Crippen LogP contribution in [0.1, 0.15) is 11.1 Å². The molecule has 1 heterocycles. The number of aliphatic imine (C=N–C) groups is 1. The zero-order valence-corrected chi connectivity index (χ0v) is 17.5. The number of rotatable bonds is 6. The first-order valence-electron chi connectivity index (χ1n) is 7.69. The summed E-state index contributed by atoms with van der Waals surface area (Å²) in [5.41, 5.74) is 1.75. The van der Waals surface area contributed by atoms with E-state index in [0.29, 0.717) is 29.6 Å². The van der Waals surface area contributed by atoms with Crippen molar-refractivity contribution in [2.24, 2.45) is 4.99 Å². The number of hydrogen-bond acceptors (Lipinski definition) is 3. The molecule has 0 fully saturated rings. The Balaban J connectivity index is 0.00000364. The van der Waals surface area contributed by atoms with Crippen LogP contribution in [-0.4, -0.2) is 30.8 Å². The number of ether oxygens (including phenoxy) is 1. The average Bonchev–Trinajstić information content (AvgIpc) is 2.61. The molecule has 10 heteroatoms. The maximum Gasteiger partial charge on any atom is 0.422 e. The van der Waals surface area contributed by atoms with E-state index >= 15 is 0 Å². The SMILES string of the molecule is CN=C(NCc1ccc(Cl)cc1)NCc1ccnc(OCC(F)(F)F)c1.I. The monoisotopic (exact) mass is 514 g/mol. The molecule has 0 aliphatic rings. The molecule has 27 heavy (non-hydrogen) atoms. The average molecular weight is 515 g/mol. The van der Waals surface area contributed by atoms with E-state index in [9.17, 15) is 13.2 Å². The van der Waals surface area contributed by atoms with E-state index in [1.54, 1.807) is 25.2 Å². The molecule has 0 bridgehead atoms. The maximum atomic E-state index is 12.2. The minimum atomic E-state index is -4.40. The minimum absolute atomic E-state index is 0. The highest BCUT2D eigenvalue weighted by atomic mass is 127. The van der Waals surface area contributed by atoms with Crippen LogP contribution in [0, 0.1) is 0 Å². The molecule has 2 aromatic rings. The van der Waals surface area contributed by atoms with Gasteiger partial charge >= 0.3 is 6.18 Å². The second-order valence-corrected chi connectivity index (χ2v) is 5.75. The van der Waals surface area contributed by atoms with Crippen LogP contribution in [0.5, 0.6) is 5.88 Å². The molecule has 5 nitrogen and oxygen atoms in total. The van der Waals surface area contributed by atoms with Gasteiger partial charge in [0.2, 0.25) is 5.88 Å². The number of benzene rings is 1. The van der Waals surface area contributed by atoms with Crippen molar-refractivity contribution < 1.29 is 17.9 Å². The van der Waals surface area contributed by atoms with Gasteiger partial charge in [0, 0.05) is 37.4 Å². The first-order valence-corrected chi connectivity index (χ1v) is 8.07. The van der Waals surface area contributed by atoms with Gasteiger partial charge in [0.1, 0.15) is 0 Å². The summed E-state index contributed by atoms with van der Waals surface area (Å²) in [4.78, 5) is 7.87. The van der Waals surface area contributed by atoms with E-state index in [0.717, 1.165) is 5.56 Å². The van der Waals surface area contributed by atoms with Crippen LogP contribution in [0.4, 0.5) is 13.2 Å². The summed E-state index contributed by atoms with van der Waals surface area (Å²) in [6.45, 7) is -0.473. The summed E-state index contributed by atoms with van der Waals surface area (Å²) in [6.07, 6.45) is -3.00. The van der Waals surface area contributed by atoms with Gasteiger partial charge in [-0.2, -0.15) is 13.2 Å². The Morgan fingerprint density at radius 1 is 1.11 bits per heavy atom. The standard InChI is InChI=1S/C17H18ClF3N4O.HI/c1-22-16(24-9-12-2-4-14(18)5-3-12)25-10-13-6-7-23-15(8-13)26-11-17(19,20)21;/h2-8H,9-11H2,1H3,(H2,22,24,25);1H. The van der Waals surface area contributed by atoms with Crippen molar-refractivity contribution >= 4 is 41.5 Å². The van der Waals surface area contributed by atoms with Crippen LogP contribution >= 0.6 is 35.6 Å². The molecular weight excluding hydrogens is 496 g/mol.